The first-order chi connectivity index (χ1) is 5.94. The third-order valence-electron chi connectivity index (χ3n) is 2.73. The lowest BCUT2D eigenvalue weighted by atomic mass is 9.85. The highest BCUT2D eigenvalue weighted by atomic mass is 16.3. The van der Waals surface area contributed by atoms with Gasteiger partial charge in [-0.2, -0.15) is 0 Å². The van der Waals surface area contributed by atoms with Crippen LogP contribution in [0.25, 0.3) is 0 Å². The fourth-order valence-corrected chi connectivity index (χ4v) is 1.29. The maximum absolute atomic E-state index is 10.2. The second kappa shape index (κ2) is 3.51. The normalized spacial score (nSPS) is 15.8. The topological polar surface area (TPSA) is 20.2 Å². The van der Waals surface area contributed by atoms with Gasteiger partial charge in [-0.15, -0.1) is 0 Å². The zero-order valence-electron chi connectivity index (χ0n) is 8.83. The Morgan fingerprint density at radius 1 is 1.31 bits per heavy atom. The number of rotatable bonds is 2. The minimum Gasteiger partial charge on any atom is -0.385 e. The molecular weight excluding hydrogens is 160 g/mol. The molecule has 1 heteroatoms. The zero-order chi connectivity index (χ0) is 10.1. The lowest BCUT2D eigenvalue weighted by molar-refractivity contribution is 0.00900. The average molecular weight is 178 g/mol. The molecule has 1 N–H and O–H groups in total. The molecule has 0 fully saturated rings. The summed E-state index contributed by atoms with van der Waals surface area (Å²) in [4.78, 5) is 0. The van der Waals surface area contributed by atoms with Gasteiger partial charge in [-0.05, 0) is 25.3 Å². The summed E-state index contributed by atoms with van der Waals surface area (Å²) in [7, 11) is 0. The Morgan fingerprint density at radius 2 is 1.92 bits per heavy atom. The van der Waals surface area contributed by atoms with Gasteiger partial charge in [-0.1, -0.05) is 43.7 Å². The number of aliphatic hydroxyl groups is 1. The fraction of sp³-hybridized carbons (Fsp3) is 0.500. The number of aryl methyl sites for hydroxylation is 1. The lowest BCUT2D eigenvalue weighted by Crippen LogP contribution is -2.27. The van der Waals surface area contributed by atoms with Crippen molar-refractivity contribution in [1.29, 1.82) is 0 Å². The molecule has 1 rings (SSSR count). The summed E-state index contributed by atoms with van der Waals surface area (Å²) in [6.07, 6.45) is 0. The van der Waals surface area contributed by atoms with Crippen LogP contribution in [-0.4, -0.2) is 5.11 Å². The van der Waals surface area contributed by atoms with E-state index in [9.17, 15) is 5.11 Å². The molecule has 0 saturated heterocycles. The summed E-state index contributed by atoms with van der Waals surface area (Å²) in [5.74, 6) is 0.231. The van der Waals surface area contributed by atoms with E-state index in [4.69, 9.17) is 0 Å². The molecule has 0 radical (unpaired) electrons. The van der Waals surface area contributed by atoms with Crippen LogP contribution in [0.4, 0.5) is 0 Å². The molecule has 1 aromatic rings. The zero-order valence-corrected chi connectivity index (χ0v) is 8.83. The van der Waals surface area contributed by atoms with Gasteiger partial charge in [0.1, 0.15) is 0 Å². The van der Waals surface area contributed by atoms with Crippen molar-refractivity contribution in [2.75, 3.05) is 0 Å². The van der Waals surface area contributed by atoms with E-state index in [0.29, 0.717) is 0 Å². The van der Waals surface area contributed by atoms with Crippen molar-refractivity contribution in [3.8, 4) is 0 Å². The third kappa shape index (κ3) is 2.10. The molecule has 0 heterocycles. The molecule has 13 heavy (non-hydrogen) atoms. The van der Waals surface area contributed by atoms with E-state index in [1.807, 2.05) is 52.0 Å². The molecule has 0 aromatic heterocycles. The molecule has 1 aromatic carbocycles. The Hall–Kier alpha value is -0.820. The van der Waals surface area contributed by atoms with Crippen molar-refractivity contribution in [1.82, 2.24) is 0 Å². The molecule has 1 nitrogen and oxygen atoms in total. The molecule has 0 aliphatic carbocycles. The molecule has 0 aliphatic rings. The fourth-order valence-electron chi connectivity index (χ4n) is 1.29. The van der Waals surface area contributed by atoms with E-state index in [-0.39, 0.29) is 5.92 Å². The average Bonchev–Trinajstić information content (AvgIpc) is 2.04. The third-order valence-corrected chi connectivity index (χ3v) is 2.73. The highest BCUT2D eigenvalue weighted by molar-refractivity contribution is 5.27. The van der Waals surface area contributed by atoms with Crippen molar-refractivity contribution in [2.45, 2.75) is 33.3 Å². The van der Waals surface area contributed by atoms with Gasteiger partial charge in [-0.25, -0.2) is 0 Å². The first-order valence-electron chi connectivity index (χ1n) is 4.74. The smallest absolute Gasteiger partial charge is 0.0891 e. The van der Waals surface area contributed by atoms with Crippen molar-refractivity contribution in [2.24, 2.45) is 5.92 Å². The van der Waals surface area contributed by atoms with Gasteiger partial charge in [0, 0.05) is 0 Å². The van der Waals surface area contributed by atoms with Crippen molar-refractivity contribution in [3.05, 3.63) is 35.4 Å². The second-order valence-electron chi connectivity index (χ2n) is 4.17. The largest absolute Gasteiger partial charge is 0.385 e. The van der Waals surface area contributed by atoms with Crippen molar-refractivity contribution < 1.29 is 5.11 Å². The Morgan fingerprint density at radius 3 is 2.38 bits per heavy atom. The second-order valence-corrected chi connectivity index (χ2v) is 4.17. The molecule has 1 atom stereocenters. The molecule has 72 valence electrons. The van der Waals surface area contributed by atoms with E-state index in [0.717, 1.165) is 5.56 Å². The van der Waals surface area contributed by atoms with Gasteiger partial charge >= 0.3 is 0 Å². The van der Waals surface area contributed by atoms with Gasteiger partial charge < -0.3 is 5.11 Å². The minimum atomic E-state index is -0.716. The van der Waals surface area contributed by atoms with Crippen LogP contribution in [0.5, 0.6) is 0 Å². The number of hydrogen-bond donors (Lipinski definition) is 1. The SMILES string of the molecule is Cc1cccc(C(C)(O)C(C)C)c1. The number of hydrogen-bond acceptors (Lipinski definition) is 1. The van der Waals surface area contributed by atoms with Crippen LogP contribution in [0.2, 0.25) is 0 Å². The van der Waals surface area contributed by atoms with Crippen LogP contribution >= 0.6 is 0 Å². The van der Waals surface area contributed by atoms with Crippen molar-refractivity contribution in [3.63, 3.8) is 0 Å². The van der Waals surface area contributed by atoms with Crippen molar-refractivity contribution >= 4 is 0 Å². The van der Waals surface area contributed by atoms with Crippen LogP contribution in [0.3, 0.4) is 0 Å². The van der Waals surface area contributed by atoms with Gasteiger partial charge in [0.2, 0.25) is 0 Å². The van der Waals surface area contributed by atoms with E-state index >= 15 is 0 Å². The summed E-state index contributed by atoms with van der Waals surface area (Å²) >= 11 is 0. The predicted octanol–water partition coefficient (Wildman–Crippen LogP) is 2.86. The molecule has 0 aliphatic heterocycles. The molecule has 0 saturated carbocycles. The number of benzene rings is 1. The molecule has 0 spiro atoms. The van der Waals surface area contributed by atoms with E-state index in [1.54, 1.807) is 0 Å². The summed E-state index contributed by atoms with van der Waals surface area (Å²) in [5, 5.41) is 10.2. The Labute approximate surface area is 80.4 Å². The Kier molecular flexibility index (Phi) is 2.77. The standard InChI is InChI=1S/C12H18O/c1-9(2)12(4,13)11-7-5-6-10(3)8-11/h5-9,13H,1-4H3. The molecule has 0 amide bonds. The summed E-state index contributed by atoms with van der Waals surface area (Å²) in [5.41, 5.74) is 1.48. The van der Waals surface area contributed by atoms with Gasteiger partial charge in [-0.3, -0.25) is 0 Å². The van der Waals surface area contributed by atoms with E-state index in [1.165, 1.54) is 5.56 Å². The first kappa shape index (κ1) is 10.3. The molecular formula is C12H18O. The highest BCUT2D eigenvalue weighted by Gasteiger charge is 2.26. The van der Waals surface area contributed by atoms with Crippen LogP contribution < -0.4 is 0 Å². The van der Waals surface area contributed by atoms with Crippen LogP contribution in [0.1, 0.15) is 31.9 Å². The highest BCUT2D eigenvalue weighted by Crippen LogP contribution is 2.28. The molecule has 0 bridgehead atoms. The van der Waals surface area contributed by atoms with Crippen LogP contribution in [-0.2, 0) is 5.60 Å². The lowest BCUT2D eigenvalue weighted by Gasteiger charge is -2.28. The summed E-state index contributed by atoms with van der Waals surface area (Å²) < 4.78 is 0. The maximum atomic E-state index is 10.2. The van der Waals surface area contributed by atoms with Gasteiger partial charge in [0.25, 0.3) is 0 Å². The summed E-state index contributed by atoms with van der Waals surface area (Å²) in [6, 6.07) is 8.05. The van der Waals surface area contributed by atoms with Gasteiger partial charge in [0.05, 0.1) is 5.60 Å². The van der Waals surface area contributed by atoms with Gasteiger partial charge in [0.15, 0.2) is 0 Å². The quantitative estimate of drug-likeness (QED) is 0.738. The van der Waals surface area contributed by atoms with E-state index < -0.39 is 5.60 Å². The monoisotopic (exact) mass is 178 g/mol. The predicted molar refractivity (Wildman–Crippen MR) is 55.6 cm³/mol. The maximum Gasteiger partial charge on any atom is 0.0891 e. The Balaban J connectivity index is 3.07. The Bertz CT molecular complexity index is 287. The van der Waals surface area contributed by atoms with Crippen LogP contribution in [0, 0.1) is 12.8 Å². The van der Waals surface area contributed by atoms with Crippen LogP contribution in [0.15, 0.2) is 24.3 Å². The minimum absolute atomic E-state index is 0.231. The van der Waals surface area contributed by atoms with E-state index in [2.05, 4.69) is 0 Å². The molecule has 1 unspecified atom stereocenters. The first-order valence-corrected chi connectivity index (χ1v) is 4.74. The summed E-state index contributed by atoms with van der Waals surface area (Å²) in [6.45, 7) is 7.97.